The number of rotatable bonds is 6. The Labute approximate surface area is 209 Å². The average Bonchev–Trinajstić information content (AvgIpc) is 3.25. The van der Waals surface area contributed by atoms with Crippen molar-refractivity contribution in [2.45, 2.75) is 32.0 Å². The smallest absolute Gasteiger partial charge is 0.256 e. The first kappa shape index (κ1) is 23.9. The van der Waals surface area contributed by atoms with Crippen LogP contribution in [0.1, 0.15) is 39.9 Å². The van der Waals surface area contributed by atoms with Crippen molar-refractivity contribution in [1.82, 2.24) is 10.2 Å². The maximum absolute atomic E-state index is 13.4. The SMILES string of the molecule is CN1CCC(Nc2cccc(C(=O)NC3=NCc4ccc(OCc5cc(F)cc(F)c5)cc43)c2)CC1. The van der Waals surface area contributed by atoms with Crippen molar-refractivity contribution in [2.24, 2.45) is 4.99 Å². The van der Waals surface area contributed by atoms with Gasteiger partial charge in [0.05, 0.1) is 6.54 Å². The number of benzene rings is 3. The Morgan fingerprint density at radius 2 is 1.83 bits per heavy atom. The fourth-order valence-corrected chi connectivity index (χ4v) is 4.54. The van der Waals surface area contributed by atoms with E-state index < -0.39 is 11.6 Å². The van der Waals surface area contributed by atoms with Gasteiger partial charge >= 0.3 is 0 Å². The highest BCUT2D eigenvalue weighted by molar-refractivity contribution is 6.14. The molecule has 0 aliphatic carbocycles. The van der Waals surface area contributed by atoms with Gasteiger partial charge in [0, 0.05) is 28.9 Å². The Hall–Kier alpha value is -3.78. The van der Waals surface area contributed by atoms with Gasteiger partial charge in [-0.3, -0.25) is 9.79 Å². The number of aliphatic imine (C=N–C) groups is 1. The summed E-state index contributed by atoms with van der Waals surface area (Å²) in [6.45, 7) is 2.59. The number of amidine groups is 1. The molecule has 8 heteroatoms. The lowest BCUT2D eigenvalue weighted by molar-refractivity contribution is 0.0977. The van der Waals surface area contributed by atoms with Crippen molar-refractivity contribution in [3.63, 3.8) is 0 Å². The van der Waals surface area contributed by atoms with Crippen LogP contribution in [0.25, 0.3) is 0 Å². The van der Waals surface area contributed by atoms with Crippen molar-refractivity contribution in [1.29, 1.82) is 0 Å². The molecule has 2 heterocycles. The van der Waals surface area contributed by atoms with E-state index in [1.165, 1.54) is 12.1 Å². The summed E-state index contributed by atoms with van der Waals surface area (Å²) < 4.78 is 32.6. The molecule has 0 spiro atoms. The largest absolute Gasteiger partial charge is 0.489 e. The molecule has 3 aromatic rings. The summed E-state index contributed by atoms with van der Waals surface area (Å²) in [5.74, 6) is -0.539. The number of carbonyl (C=O) groups is 1. The predicted molar refractivity (Wildman–Crippen MR) is 135 cm³/mol. The van der Waals surface area contributed by atoms with Gasteiger partial charge in [0.15, 0.2) is 0 Å². The van der Waals surface area contributed by atoms with Crippen LogP contribution < -0.4 is 15.4 Å². The van der Waals surface area contributed by atoms with E-state index in [4.69, 9.17) is 4.74 Å². The first-order valence-corrected chi connectivity index (χ1v) is 12.0. The zero-order valence-electron chi connectivity index (χ0n) is 20.1. The summed E-state index contributed by atoms with van der Waals surface area (Å²) in [5, 5.41) is 6.47. The Morgan fingerprint density at radius 1 is 1.06 bits per heavy atom. The van der Waals surface area contributed by atoms with Gasteiger partial charge < -0.3 is 20.3 Å². The topological polar surface area (TPSA) is 66.0 Å². The Morgan fingerprint density at radius 3 is 2.61 bits per heavy atom. The molecule has 3 aromatic carbocycles. The van der Waals surface area contributed by atoms with Gasteiger partial charge in [-0.05, 0) is 86.6 Å². The van der Waals surface area contributed by atoms with Crippen LogP contribution in [0.3, 0.4) is 0 Å². The number of hydrogen-bond acceptors (Lipinski definition) is 5. The predicted octanol–water partition coefficient (Wildman–Crippen LogP) is 4.74. The number of hydrogen-bond donors (Lipinski definition) is 2. The van der Waals surface area contributed by atoms with Gasteiger partial charge in [-0.25, -0.2) is 8.78 Å². The lowest BCUT2D eigenvalue weighted by Gasteiger charge is -2.30. The molecular formula is C28H28F2N4O2. The molecular weight excluding hydrogens is 462 g/mol. The normalized spacial score (nSPS) is 15.8. The fraction of sp³-hybridized carbons (Fsp3) is 0.286. The first-order chi connectivity index (χ1) is 17.4. The molecule has 2 aliphatic heterocycles. The lowest BCUT2D eigenvalue weighted by atomic mass is 10.0. The molecule has 5 rings (SSSR count). The summed E-state index contributed by atoms with van der Waals surface area (Å²) in [6, 6.07) is 16.6. The molecule has 36 heavy (non-hydrogen) atoms. The van der Waals surface area contributed by atoms with Crippen LogP contribution in [0.5, 0.6) is 5.75 Å². The van der Waals surface area contributed by atoms with Crippen molar-refractivity contribution in [3.05, 3.63) is 94.6 Å². The van der Waals surface area contributed by atoms with E-state index in [1.807, 2.05) is 24.3 Å². The van der Waals surface area contributed by atoms with Crippen LogP contribution in [-0.2, 0) is 13.2 Å². The monoisotopic (exact) mass is 490 g/mol. The van der Waals surface area contributed by atoms with Gasteiger partial charge in [-0.1, -0.05) is 12.1 Å². The highest BCUT2D eigenvalue weighted by Gasteiger charge is 2.21. The zero-order valence-corrected chi connectivity index (χ0v) is 20.1. The third-order valence-electron chi connectivity index (χ3n) is 6.52. The molecule has 0 saturated carbocycles. The molecule has 2 N–H and O–H groups in total. The summed E-state index contributed by atoms with van der Waals surface area (Å²) in [7, 11) is 2.13. The van der Waals surface area contributed by atoms with Crippen molar-refractivity contribution in [2.75, 3.05) is 25.5 Å². The molecule has 6 nitrogen and oxygen atoms in total. The lowest BCUT2D eigenvalue weighted by Crippen LogP contribution is -2.36. The van der Waals surface area contributed by atoms with Crippen molar-refractivity contribution < 1.29 is 18.3 Å². The molecule has 1 amide bonds. The van der Waals surface area contributed by atoms with Gasteiger partial charge in [-0.15, -0.1) is 0 Å². The summed E-state index contributed by atoms with van der Waals surface area (Å²) in [6.07, 6.45) is 2.14. The van der Waals surface area contributed by atoms with E-state index in [1.54, 1.807) is 18.2 Å². The summed E-state index contributed by atoms with van der Waals surface area (Å²) in [5.41, 5.74) is 3.60. The summed E-state index contributed by atoms with van der Waals surface area (Å²) >= 11 is 0. The number of halogens is 2. The van der Waals surface area contributed by atoms with E-state index >= 15 is 0 Å². The van der Waals surface area contributed by atoms with Gasteiger partial charge in [-0.2, -0.15) is 0 Å². The number of nitrogens with zero attached hydrogens (tertiary/aromatic N) is 2. The van der Waals surface area contributed by atoms with Gasteiger partial charge in [0.1, 0.15) is 29.8 Å². The van der Waals surface area contributed by atoms with Gasteiger partial charge in [0.25, 0.3) is 5.91 Å². The van der Waals surface area contributed by atoms with Crippen LogP contribution in [0.15, 0.2) is 65.7 Å². The van der Waals surface area contributed by atoms with Gasteiger partial charge in [0.2, 0.25) is 0 Å². The minimum atomic E-state index is -0.648. The zero-order chi connectivity index (χ0) is 25.1. The number of carbonyl (C=O) groups excluding carboxylic acids is 1. The van der Waals surface area contributed by atoms with E-state index in [0.717, 1.165) is 48.8 Å². The van der Waals surface area contributed by atoms with E-state index in [9.17, 15) is 13.6 Å². The van der Waals surface area contributed by atoms with E-state index in [-0.39, 0.29) is 12.5 Å². The Bertz CT molecular complexity index is 1280. The minimum absolute atomic E-state index is 0.0172. The average molecular weight is 491 g/mol. The van der Waals surface area contributed by atoms with Crippen LogP contribution in [0.4, 0.5) is 14.5 Å². The second-order valence-electron chi connectivity index (χ2n) is 9.31. The van der Waals surface area contributed by atoms with E-state index in [0.29, 0.717) is 35.3 Å². The second kappa shape index (κ2) is 10.5. The van der Waals surface area contributed by atoms with Crippen molar-refractivity contribution >= 4 is 17.4 Å². The molecule has 0 aromatic heterocycles. The molecule has 1 saturated heterocycles. The standard InChI is InChI=1S/C28H28F2N4O2/c1-34-9-7-23(8-10-34)32-24-4-2-3-19(13-24)28(35)33-27-26-15-25(6-5-20(26)16-31-27)36-17-18-11-21(29)14-22(30)12-18/h2-6,11-15,23,32H,7-10,16-17H2,1H3,(H,31,33,35). The number of piperidine rings is 1. The Kier molecular flexibility index (Phi) is 6.95. The minimum Gasteiger partial charge on any atom is -0.489 e. The number of likely N-dealkylation sites (tertiary alicyclic amines) is 1. The van der Waals surface area contributed by atoms with Crippen LogP contribution in [0, 0.1) is 11.6 Å². The van der Waals surface area contributed by atoms with Crippen LogP contribution in [0.2, 0.25) is 0 Å². The molecule has 186 valence electrons. The maximum Gasteiger partial charge on any atom is 0.256 e. The van der Waals surface area contributed by atoms with Crippen LogP contribution >= 0.6 is 0 Å². The van der Waals surface area contributed by atoms with E-state index in [2.05, 4.69) is 27.6 Å². The third-order valence-corrected chi connectivity index (χ3v) is 6.52. The number of amides is 1. The highest BCUT2D eigenvalue weighted by Crippen LogP contribution is 2.25. The molecule has 1 fully saturated rings. The number of anilines is 1. The van der Waals surface area contributed by atoms with Crippen molar-refractivity contribution in [3.8, 4) is 5.75 Å². The first-order valence-electron chi connectivity index (χ1n) is 12.0. The molecule has 0 unspecified atom stereocenters. The second-order valence-corrected chi connectivity index (χ2v) is 9.31. The quantitative estimate of drug-likeness (QED) is 0.524. The molecule has 0 atom stereocenters. The molecule has 0 radical (unpaired) electrons. The Balaban J connectivity index is 1.23. The number of fused-ring (bicyclic) bond motifs is 1. The maximum atomic E-state index is 13.4. The molecule has 0 bridgehead atoms. The van der Waals surface area contributed by atoms with Crippen LogP contribution in [-0.4, -0.2) is 42.8 Å². The highest BCUT2D eigenvalue weighted by atomic mass is 19.1. The number of nitrogens with one attached hydrogen (secondary N) is 2. The molecule has 2 aliphatic rings. The fourth-order valence-electron chi connectivity index (χ4n) is 4.54. The number of ether oxygens (including phenoxy) is 1. The third kappa shape index (κ3) is 5.71. The summed E-state index contributed by atoms with van der Waals surface area (Å²) in [4.78, 5) is 19.8.